The number of rotatable bonds is 4. The minimum absolute atomic E-state index is 0.882. The molecular formula is C15H30N2. The van der Waals surface area contributed by atoms with E-state index in [9.17, 15) is 0 Å². The van der Waals surface area contributed by atoms with Gasteiger partial charge in [-0.1, -0.05) is 26.2 Å². The standard InChI is InChI=1S/C15H30N2/c1-14-8-10-17(11-9-14)13-12-16(2)15-6-4-3-5-7-15/h14-15H,3-13H2,1-2H3. The molecule has 100 valence electrons. The number of piperidine rings is 1. The molecule has 1 saturated heterocycles. The summed E-state index contributed by atoms with van der Waals surface area (Å²) in [6, 6.07) is 0.882. The van der Waals surface area contributed by atoms with Crippen LogP contribution in [0.2, 0.25) is 0 Å². The maximum Gasteiger partial charge on any atom is 0.0109 e. The van der Waals surface area contributed by atoms with Crippen molar-refractivity contribution in [1.82, 2.24) is 9.80 Å². The van der Waals surface area contributed by atoms with Gasteiger partial charge in [0.15, 0.2) is 0 Å². The Morgan fingerprint density at radius 1 is 1.00 bits per heavy atom. The minimum Gasteiger partial charge on any atom is -0.302 e. The van der Waals surface area contributed by atoms with Crippen LogP contribution in [0.5, 0.6) is 0 Å². The van der Waals surface area contributed by atoms with E-state index in [4.69, 9.17) is 0 Å². The first-order valence-electron chi connectivity index (χ1n) is 7.68. The van der Waals surface area contributed by atoms with Gasteiger partial charge in [0.2, 0.25) is 0 Å². The van der Waals surface area contributed by atoms with E-state index in [-0.39, 0.29) is 0 Å². The first-order chi connectivity index (χ1) is 8.25. The molecule has 0 amide bonds. The lowest BCUT2D eigenvalue weighted by Crippen LogP contribution is -2.42. The number of hydrogen-bond donors (Lipinski definition) is 0. The lowest BCUT2D eigenvalue weighted by molar-refractivity contribution is 0.138. The molecule has 0 bridgehead atoms. The fraction of sp³-hybridized carbons (Fsp3) is 1.00. The van der Waals surface area contributed by atoms with Crippen LogP contribution in [0.3, 0.4) is 0 Å². The molecule has 2 rings (SSSR count). The summed E-state index contributed by atoms with van der Waals surface area (Å²) in [4.78, 5) is 5.29. The highest BCUT2D eigenvalue weighted by molar-refractivity contribution is 4.75. The van der Waals surface area contributed by atoms with E-state index < -0.39 is 0 Å². The molecule has 2 aliphatic rings. The average molecular weight is 238 g/mol. The molecule has 0 radical (unpaired) electrons. The van der Waals surface area contributed by atoms with E-state index >= 15 is 0 Å². The fourth-order valence-electron chi connectivity index (χ4n) is 3.29. The van der Waals surface area contributed by atoms with Crippen molar-refractivity contribution in [2.24, 2.45) is 5.92 Å². The molecule has 0 N–H and O–H groups in total. The fourth-order valence-corrected chi connectivity index (χ4v) is 3.29. The lowest BCUT2D eigenvalue weighted by Gasteiger charge is -2.35. The summed E-state index contributed by atoms with van der Waals surface area (Å²) in [6.07, 6.45) is 10.1. The van der Waals surface area contributed by atoms with Crippen molar-refractivity contribution >= 4 is 0 Å². The Morgan fingerprint density at radius 3 is 2.29 bits per heavy atom. The average Bonchev–Trinajstić information content (AvgIpc) is 2.39. The SMILES string of the molecule is CC1CCN(CCN(C)C2CCCCC2)CC1. The Bertz CT molecular complexity index is 203. The summed E-state index contributed by atoms with van der Waals surface area (Å²) in [5.74, 6) is 0.960. The predicted molar refractivity (Wildman–Crippen MR) is 74.3 cm³/mol. The van der Waals surface area contributed by atoms with E-state index in [0.717, 1.165) is 12.0 Å². The molecule has 0 atom stereocenters. The normalized spacial score (nSPS) is 25.6. The Kier molecular flexibility index (Phi) is 5.30. The summed E-state index contributed by atoms with van der Waals surface area (Å²) < 4.78 is 0. The van der Waals surface area contributed by atoms with E-state index in [1.807, 2.05) is 0 Å². The molecule has 2 nitrogen and oxygen atoms in total. The van der Waals surface area contributed by atoms with Crippen molar-refractivity contribution < 1.29 is 0 Å². The molecular weight excluding hydrogens is 208 g/mol. The third-order valence-electron chi connectivity index (χ3n) is 4.84. The lowest BCUT2D eigenvalue weighted by atomic mass is 9.94. The zero-order valence-electron chi connectivity index (χ0n) is 11.8. The Hall–Kier alpha value is -0.0800. The molecule has 0 aromatic heterocycles. The van der Waals surface area contributed by atoms with Gasteiger partial charge in [0.25, 0.3) is 0 Å². The molecule has 1 aliphatic carbocycles. The molecule has 1 aliphatic heterocycles. The molecule has 0 aromatic carbocycles. The van der Waals surface area contributed by atoms with E-state index in [1.165, 1.54) is 71.1 Å². The molecule has 1 heterocycles. The predicted octanol–water partition coefficient (Wildman–Crippen LogP) is 2.98. The van der Waals surface area contributed by atoms with Crippen molar-refractivity contribution in [3.63, 3.8) is 0 Å². The number of nitrogens with zero attached hydrogens (tertiary/aromatic N) is 2. The summed E-state index contributed by atoms with van der Waals surface area (Å²) in [5.41, 5.74) is 0. The minimum atomic E-state index is 0.882. The topological polar surface area (TPSA) is 6.48 Å². The quantitative estimate of drug-likeness (QED) is 0.743. The Morgan fingerprint density at radius 2 is 1.65 bits per heavy atom. The van der Waals surface area contributed by atoms with E-state index in [1.54, 1.807) is 0 Å². The Balaban J connectivity index is 1.63. The van der Waals surface area contributed by atoms with Crippen LogP contribution in [-0.2, 0) is 0 Å². The molecule has 2 heteroatoms. The van der Waals surface area contributed by atoms with Gasteiger partial charge in [0.05, 0.1) is 0 Å². The smallest absolute Gasteiger partial charge is 0.0109 e. The molecule has 0 aromatic rings. The second kappa shape index (κ2) is 6.75. The first kappa shape index (κ1) is 13.4. The molecule has 2 fully saturated rings. The zero-order chi connectivity index (χ0) is 12.1. The van der Waals surface area contributed by atoms with Gasteiger partial charge in [-0.15, -0.1) is 0 Å². The summed E-state index contributed by atoms with van der Waals surface area (Å²) in [6.45, 7) is 7.63. The van der Waals surface area contributed by atoms with E-state index in [0.29, 0.717) is 0 Å². The van der Waals surface area contributed by atoms with Crippen molar-refractivity contribution in [2.75, 3.05) is 33.2 Å². The third kappa shape index (κ3) is 4.26. The van der Waals surface area contributed by atoms with Gasteiger partial charge in [0, 0.05) is 19.1 Å². The Labute approximate surface area is 107 Å². The van der Waals surface area contributed by atoms with Crippen LogP contribution >= 0.6 is 0 Å². The maximum atomic E-state index is 2.67. The largest absolute Gasteiger partial charge is 0.302 e. The number of hydrogen-bond acceptors (Lipinski definition) is 2. The molecule has 0 unspecified atom stereocenters. The first-order valence-corrected chi connectivity index (χ1v) is 7.68. The highest BCUT2D eigenvalue weighted by Gasteiger charge is 2.20. The summed E-state index contributed by atoms with van der Waals surface area (Å²) >= 11 is 0. The van der Waals surface area contributed by atoms with Gasteiger partial charge >= 0.3 is 0 Å². The second-order valence-electron chi connectivity index (χ2n) is 6.30. The molecule has 0 spiro atoms. The summed E-state index contributed by atoms with van der Waals surface area (Å²) in [7, 11) is 2.34. The van der Waals surface area contributed by atoms with Gasteiger partial charge < -0.3 is 9.80 Å². The highest BCUT2D eigenvalue weighted by Crippen LogP contribution is 2.21. The van der Waals surface area contributed by atoms with Crippen LogP contribution in [0.4, 0.5) is 0 Å². The van der Waals surface area contributed by atoms with Gasteiger partial charge in [-0.25, -0.2) is 0 Å². The van der Waals surface area contributed by atoms with Crippen molar-refractivity contribution in [1.29, 1.82) is 0 Å². The van der Waals surface area contributed by atoms with Crippen LogP contribution in [0, 0.1) is 5.92 Å². The van der Waals surface area contributed by atoms with Crippen LogP contribution in [0.1, 0.15) is 51.9 Å². The molecule has 1 saturated carbocycles. The van der Waals surface area contributed by atoms with Crippen molar-refractivity contribution in [3.8, 4) is 0 Å². The monoisotopic (exact) mass is 238 g/mol. The van der Waals surface area contributed by atoms with Crippen LogP contribution in [0.25, 0.3) is 0 Å². The maximum absolute atomic E-state index is 2.67. The van der Waals surface area contributed by atoms with Crippen LogP contribution in [-0.4, -0.2) is 49.1 Å². The van der Waals surface area contributed by atoms with E-state index in [2.05, 4.69) is 23.8 Å². The number of likely N-dealkylation sites (N-methyl/N-ethyl adjacent to an activating group) is 1. The van der Waals surface area contributed by atoms with Crippen LogP contribution < -0.4 is 0 Å². The summed E-state index contributed by atoms with van der Waals surface area (Å²) in [5, 5.41) is 0. The zero-order valence-corrected chi connectivity index (χ0v) is 11.8. The molecule has 17 heavy (non-hydrogen) atoms. The number of likely N-dealkylation sites (tertiary alicyclic amines) is 1. The van der Waals surface area contributed by atoms with Crippen LogP contribution in [0.15, 0.2) is 0 Å². The van der Waals surface area contributed by atoms with Gasteiger partial charge in [-0.3, -0.25) is 0 Å². The van der Waals surface area contributed by atoms with Crippen molar-refractivity contribution in [3.05, 3.63) is 0 Å². The van der Waals surface area contributed by atoms with Crippen molar-refractivity contribution in [2.45, 2.75) is 57.9 Å². The third-order valence-corrected chi connectivity index (χ3v) is 4.84. The highest BCUT2D eigenvalue weighted by atomic mass is 15.2. The second-order valence-corrected chi connectivity index (χ2v) is 6.30. The van der Waals surface area contributed by atoms with Gasteiger partial charge in [-0.05, 0) is 51.7 Å². The van der Waals surface area contributed by atoms with Gasteiger partial charge in [-0.2, -0.15) is 0 Å². The van der Waals surface area contributed by atoms with Gasteiger partial charge in [0.1, 0.15) is 0 Å².